The van der Waals surface area contributed by atoms with E-state index in [1.165, 1.54) is 12.0 Å². The Labute approximate surface area is 206 Å². The fourth-order valence-corrected chi connectivity index (χ4v) is 6.05. The van der Waals surface area contributed by atoms with Crippen LogP contribution < -0.4 is 11.1 Å². The molecule has 1 aromatic heterocycles. The highest BCUT2D eigenvalue weighted by Crippen LogP contribution is 2.38. The van der Waals surface area contributed by atoms with E-state index < -0.39 is 5.92 Å². The van der Waals surface area contributed by atoms with Crippen molar-refractivity contribution >= 4 is 11.7 Å². The summed E-state index contributed by atoms with van der Waals surface area (Å²) in [5.41, 5.74) is 9.63. The van der Waals surface area contributed by atoms with E-state index in [0.29, 0.717) is 24.3 Å². The van der Waals surface area contributed by atoms with E-state index in [1.807, 2.05) is 6.07 Å². The Morgan fingerprint density at radius 1 is 1.00 bits per heavy atom. The quantitative estimate of drug-likeness (QED) is 0.568. The molecule has 0 radical (unpaired) electrons. The van der Waals surface area contributed by atoms with Gasteiger partial charge in [0.25, 0.3) is 5.91 Å². The molecule has 1 saturated heterocycles. The maximum absolute atomic E-state index is 13.5. The number of carbonyl (C=O) groups excluding carboxylic acids is 1. The molecular weight excluding hydrogens is 446 g/mol. The second kappa shape index (κ2) is 10.2. The van der Waals surface area contributed by atoms with Crippen LogP contribution in [-0.2, 0) is 0 Å². The number of halogens is 2. The number of aromatic nitrogens is 1. The molecule has 2 aromatic rings. The molecule has 2 saturated carbocycles. The minimum absolute atomic E-state index is 0.0177. The lowest BCUT2D eigenvalue weighted by atomic mass is 9.91. The van der Waals surface area contributed by atoms with Gasteiger partial charge in [-0.05, 0) is 61.8 Å². The fraction of sp³-hybridized carbons (Fsp3) is 0.571. The van der Waals surface area contributed by atoms with Gasteiger partial charge < -0.3 is 11.1 Å². The molecule has 5 nitrogen and oxygen atoms in total. The van der Waals surface area contributed by atoms with Gasteiger partial charge in [-0.25, -0.2) is 13.8 Å². The molecular formula is C28H36F2N4O. The van der Waals surface area contributed by atoms with Crippen LogP contribution in [-0.4, -0.2) is 46.9 Å². The lowest BCUT2D eigenvalue weighted by Crippen LogP contribution is -2.39. The number of carbonyl (C=O) groups is 1. The SMILES string of the molecule is Nc1ncc(-c2ccc(C3CCN(C4CCC(F)(F)CC4)C3)cc2)cc1C(=O)NC1CCCCC1. The molecule has 3 N–H and O–H groups in total. The minimum atomic E-state index is -2.47. The van der Waals surface area contributed by atoms with Crippen molar-refractivity contribution < 1.29 is 13.6 Å². The summed E-state index contributed by atoms with van der Waals surface area (Å²) in [7, 11) is 0. The number of hydrogen-bond donors (Lipinski definition) is 2. The van der Waals surface area contributed by atoms with E-state index in [2.05, 4.69) is 39.5 Å². The topological polar surface area (TPSA) is 71.2 Å². The Bertz CT molecular complexity index is 1030. The molecule has 1 aliphatic heterocycles. The van der Waals surface area contributed by atoms with Gasteiger partial charge in [-0.2, -0.15) is 0 Å². The summed E-state index contributed by atoms with van der Waals surface area (Å²) in [4.78, 5) is 19.6. The van der Waals surface area contributed by atoms with Crippen LogP contribution in [0.2, 0.25) is 0 Å². The number of likely N-dealkylation sites (tertiary alicyclic amines) is 1. The van der Waals surface area contributed by atoms with Crippen molar-refractivity contribution in [1.29, 1.82) is 0 Å². The van der Waals surface area contributed by atoms with Gasteiger partial charge in [0.1, 0.15) is 5.82 Å². The highest BCUT2D eigenvalue weighted by molar-refractivity contribution is 5.99. The number of alkyl halides is 2. The van der Waals surface area contributed by atoms with Gasteiger partial charge >= 0.3 is 0 Å². The third kappa shape index (κ3) is 5.66. The van der Waals surface area contributed by atoms with Crippen LogP contribution in [0.3, 0.4) is 0 Å². The molecule has 35 heavy (non-hydrogen) atoms. The number of nitrogens with zero attached hydrogens (tertiary/aromatic N) is 2. The van der Waals surface area contributed by atoms with Gasteiger partial charge in [-0.3, -0.25) is 9.69 Å². The van der Waals surface area contributed by atoms with E-state index in [-0.39, 0.29) is 36.7 Å². The number of anilines is 1. The van der Waals surface area contributed by atoms with E-state index >= 15 is 0 Å². The maximum atomic E-state index is 13.5. The molecule has 1 amide bonds. The average molecular weight is 483 g/mol. The zero-order chi connectivity index (χ0) is 24.4. The Hall–Kier alpha value is -2.54. The van der Waals surface area contributed by atoms with E-state index in [1.54, 1.807) is 6.20 Å². The van der Waals surface area contributed by atoms with Crippen molar-refractivity contribution in [1.82, 2.24) is 15.2 Å². The van der Waals surface area contributed by atoms with E-state index in [9.17, 15) is 13.6 Å². The van der Waals surface area contributed by atoms with Crippen molar-refractivity contribution in [2.75, 3.05) is 18.8 Å². The van der Waals surface area contributed by atoms with Gasteiger partial charge in [-0.1, -0.05) is 43.5 Å². The van der Waals surface area contributed by atoms with Crippen LogP contribution in [0.5, 0.6) is 0 Å². The molecule has 5 rings (SSSR count). The van der Waals surface area contributed by atoms with Crippen LogP contribution in [0, 0.1) is 0 Å². The second-order valence-corrected chi connectivity index (χ2v) is 10.7. The number of pyridine rings is 1. The predicted molar refractivity (Wildman–Crippen MR) is 135 cm³/mol. The largest absolute Gasteiger partial charge is 0.383 e. The molecule has 188 valence electrons. The van der Waals surface area contributed by atoms with Gasteiger partial charge in [0.05, 0.1) is 5.56 Å². The van der Waals surface area contributed by atoms with Crippen LogP contribution in [0.15, 0.2) is 36.5 Å². The van der Waals surface area contributed by atoms with Crippen molar-refractivity contribution in [2.45, 2.75) is 88.1 Å². The van der Waals surface area contributed by atoms with Gasteiger partial charge in [-0.15, -0.1) is 0 Å². The van der Waals surface area contributed by atoms with E-state index in [4.69, 9.17) is 5.73 Å². The molecule has 7 heteroatoms. The number of hydrogen-bond acceptors (Lipinski definition) is 4. The molecule has 1 aromatic carbocycles. The summed E-state index contributed by atoms with van der Waals surface area (Å²) < 4.78 is 27.1. The van der Waals surface area contributed by atoms with Crippen LogP contribution in [0.1, 0.15) is 86.0 Å². The Balaban J connectivity index is 1.23. The Morgan fingerprint density at radius 2 is 1.71 bits per heavy atom. The van der Waals surface area contributed by atoms with Crippen LogP contribution in [0.25, 0.3) is 11.1 Å². The molecule has 1 unspecified atom stereocenters. The zero-order valence-electron chi connectivity index (χ0n) is 20.3. The van der Waals surface area contributed by atoms with Gasteiger partial charge in [0, 0.05) is 43.2 Å². The molecule has 2 aliphatic carbocycles. The van der Waals surface area contributed by atoms with E-state index in [0.717, 1.165) is 56.3 Å². The molecule has 3 fully saturated rings. The molecule has 0 bridgehead atoms. The van der Waals surface area contributed by atoms with Crippen molar-refractivity contribution in [3.63, 3.8) is 0 Å². The Kier molecular flexibility index (Phi) is 7.05. The van der Waals surface area contributed by atoms with Crippen LogP contribution >= 0.6 is 0 Å². The molecule has 0 spiro atoms. The number of nitrogen functional groups attached to an aromatic ring is 1. The molecule has 1 atom stereocenters. The first-order valence-electron chi connectivity index (χ1n) is 13.2. The summed E-state index contributed by atoms with van der Waals surface area (Å²) in [5.74, 6) is -1.94. The predicted octanol–water partition coefficient (Wildman–Crippen LogP) is 5.76. The van der Waals surface area contributed by atoms with Gasteiger partial charge in [0.15, 0.2) is 0 Å². The number of rotatable bonds is 5. The third-order valence-corrected chi connectivity index (χ3v) is 8.24. The lowest BCUT2D eigenvalue weighted by Gasteiger charge is -2.34. The highest BCUT2D eigenvalue weighted by atomic mass is 19.3. The van der Waals surface area contributed by atoms with Crippen molar-refractivity contribution in [2.24, 2.45) is 0 Å². The van der Waals surface area contributed by atoms with Crippen molar-refractivity contribution in [3.05, 3.63) is 47.7 Å². The average Bonchev–Trinajstić information content (AvgIpc) is 3.35. The summed E-state index contributed by atoms with van der Waals surface area (Å²) >= 11 is 0. The second-order valence-electron chi connectivity index (χ2n) is 10.7. The highest BCUT2D eigenvalue weighted by Gasteiger charge is 2.38. The zero-order valence-corrected chi connectivity index (χ0v) is 20.3. The summed E-state index contributed by atoms with van der Waals surface area (Å²) in [5, 5.41) is 3.13. The van der Waals surface area contributed by atoms with Crippen molar-refractivity contribution in [3.8, 4) is 11.1 Å². The summed E-state index contributed by atoms with van der Waals surface area (Å²) in [6, 6.07) is 10.8. The first-order chi connectivity index (χ1) is 16.9. The number of nitrogens with two attached hydrogens (primary N) is 1. The summed E-state index contributed by atoms with van der Waals surface area (Å²) in [6.07, 6.45) is 9.59. The first-order valence-corrected chi connectivity index (χ1v) is 13.2. The number of benzene rings is 1. The monoisotopic (exact) mass is 482 g/mol. The standard InChI is InChI=1S/C28H36F2N4O/c29-28(30)13-10-24(11-14-28)34-15-12-21(18-34)19-6-8-20(9-7-19)22-16-25(26(31)32-17-22)27(35)33-23-4-2-1-3-5-23/h6-9,16-17,21,23-24H,1-5,10-15,18H2,(H2,31,32)(H,33,35). The summed E-state index contributed by atoms with van der Waals surface area (Å²) in [6.45, 7) is 1.91. The Morgan fingerprint density at radius 3 is 2.43 bits per heavy atom. The lowest BCUT2D eigenvalue weighted by molar-refractivity contribution is -0.0516. The molecule has 2 heterocycles. The maximum Gasteiger partial charge on any atom is 0.255 e. The molecule has 3 aliphatic rings. The number of nitrogens with one attached hydrogen (secondary N) is 1. The first kappa shape index (κ1) is 24.2. The normalized spacial score (nSPS) is 23.9. The van der Waals surface area contributed by atoms with Crippen LogP contribution in [0.4, 0.5) is 14.6 Å². The van der Waals surface area contributed by atoms with Gasteiger partial charge in [0.2, 0.25) is 5.92 Å². The third-order valence-electron chi connectivity index (χ3n) is 8.24. The smallest absolute Gasteiger partial charge is 0.255 e. The fourth-order valence-electron chi connectivity index (χ4n) is 6.05. The number of amides is 1. The minimum Gasteiger partial charge on any atom is -0.383 e.